The summed E-state index contributed by atoms with van der Waals surface area (Å²) in [6.07, 6.45) is 1.41. The Morgan fingerprint density at radius 3 is 3.00 bits per heavy atom. The maximum atomic E-state index is 13.8. The number of benzene rings is 1. The van der Waals surface area contributed by atoms with Crippen molar-refractivity contribution in [3.63, 3.8) is 0 Å². The molecule has 2 N–H and O–H groups in total. The second kappa shape index (κ2) is 5.38. The SMILES string of the molecule is O=C(Nc1nc(Cl)c2[nH]cnc2n1)c1cccc(Br)c1F. The number of carbonyl (C=O) groups excluding carboxylic acids is 1. The van der Waals surface area contributed by atoms with Crippen molar-refractivity contribution in [3.8, 4) is 0 Å². The molecular formula is C12H6BrClFN5O. The third kappa shape index (κ3) is 2.59. The summed E-state index contributed by atoms with van der Waals surface area (Å²) >= 11 is 8.95. The number of aromatic nitrogens is 4. The van der Waals surface area contributed by atoms with Crippen molar-refractivity contribution < 1.29 is 9.18 Å². The zero-order chi connectivity index (χ0) is 15.0. The summed E-state index contributed by atoms with van der Waals surface area (Å²) in [6, 6.07) is 4.40. The Balaban J connectivity index is 1.94. The van der Waals surface area contributed by atoms with Crippen molar-refractivity contribution in [1.29, 1.82) is 0 Å². The number of amides is 1. The van der Waals surface area contributed by atoms with E-state index in [1.165, 1.54) is 18.5 Å². The van der Waals surface area contributed by atoms with Crippen LogP contribution in [0.25, 0.3) is 11.2 Å². The third-order valence-electron chi connectivity index (χ3n) is 2.66. The van der Waals surface area contributed by atoms with Gasteiger partial charge in [-0.1, -0.05) is 17.7 Å². The zero-order valence-corrected chi connectivity index (χ0v) is 12.5. The molecule has 0 atom stereocenters. The maximum absolute atomic E-state index is 13.8. The van der Waals surface area contributed by atoms with Gasteiger partial charge in [0, 0.05) is 0 Å². The molecule has 1 amide bonds. The number of aromatic amines is 1. The number of nitrogens with zero attached hydrogens (tertiary/aromatic N) is 3. The molecule has 0 unspecified atom stereocenters. The molecule has 0 aliphatic rings. The number of carbonyl (C=O) groups is 1. The Labute approximate surface area is 130 Å². The predicted octanol–water partition coefficient (Wildman–Crippen LogP) is 3.16. The van der Waals surface area contributed by atoms with Crippen LogP contribution in [0.1, 0.15) is 10.4 Å². The van der Waals surface area contributed by atoms with Crippen molar-refractivity contribution in [2.45, 2.75) is 0 Å². The number of imidazole rings is 1. The highest BCUT2D eigenvalue weighted by Crippen LogP contribution is 2.21. The first-order valence-electron chi connectivity index (χ1n) is 5.68. The van der Waals surface area contributed by atoms with Crippen molar-refractivity contribution in [3.05, 3.63) is 45.5 Å². The van der Waals surface area contributed by atoms with Gasteiger partial charge in [-0.15, -0.1) is 0 Å². The summed E-state index contributed by atoms with van der Waals surface area (Å²) in [5.74, 6) is -1.40. The molecule has 0 radical (unpaired) electrons. The minimum absolute atomic E-state index is 0.0519. The van der Waals surface area contributed by atoms with E-state index in [9.17, 15) is 9.18 Å². The quantitative estimate of drug-likeness (QED) is 0.679. The van der Waals surface area contributed by atoms with Crippen molar-refractivity contribution in [1.82, 2.24) is 19.9 Å². The summed E-state index contributed by atoms with van der Waals surface area (Å²) in [6.45, 7) is 0. The van der Waals surface area contributed by atoms with E-state index in [1.807, 2.05) is 0 Å². The molecule has 9 heteroatoms. The summed E-state index contributed by atoms with van der Waals surface area (Å²) < 4.78 is 14.0. The minimum atomic E-state index is -0.681. The number of hydrogen-bond donors (Lipinski definition) is 2. The summed E-state index contributed by atoms with van der Waals surface area (Å²) in [5, 5.41) is 2.50. The Kier molecular flexibility index (Phi) is 3.56. The molecule has 21 heavy (non-hydrogen) atoms. The molecule has 2 aromatic heterocycles. The van der Waals surface area contributed by atoms with Crippen LogP contribution in [0.5, 0.6) is 0 Å². The monoisotopic (exact) mass is 369 g/mol. The number of H-pyrrole nitrogens is 1. The van der Waals surface area contributed by atoms with Gasteiger partial charge in [-0.05, 0) is 28.1 Å². The molecule has 0 aliphatic heterocycles. The zero-order valence-electron chi connectivity index (χ0n) is 10.2. The highest BCUT2D eigenvalue weighted by atomic mass is 79.9. The summed E-state index contributed by atoms with van der Waals surface area (Å²) in [7, 11) is 0. The van der Waals surface area contributed by atoms with E-state index in [-0.39, 0.29) is 21.1 Å². The second-order valence-corrected chi connectivity index (χ2v) is 5.21. The lowest BCUT2D eigenvalue weighted by molar-refractivity contribution is 0.102. The van der Waals surface area contributed by atoms with Crippen LogP contribution in [0.4, 0.5) is 10.3 Å². The van der Waals surface area contributed by atoms with Crippen molar-refractivity contribution >= 4 is 50.6 Å². The van der Waals surface area contributed by atoms with Gasteiger partial charge in [-0.3, -0.25) is 10.1 Å². The first-order valence-corrected chi connectivity index (χ1v) is 6.85. The molecule has 3 aromatic rings. The van der Waals surface area contributed by atoms with Crippen LogP contribution in [0.3, 0.4) is 0 Å². The molecule has 106 valence electrons. The fraction of sp³-hybridized carbons (Fsp3) is 0. The molecule has 0 aliphatic carbocycles. The van der Waals surface area contributed by atoms with E-state index < -0.39 is 11.7 Å². The third-order valence-corrected chi connectivity index (χ3v) is 3.55. The molecule has 0 spiro atoms. The van der Waals surface area contributed by atoms with Gasteiger partial charge >= 0.3 is 0 Å². The van der Waals surface area contributed by atoms with Gasteiger partial charge in [-0.25, -0.2) is 9.37 Å². The standard InChI is InChI=1S/C12H6BrClFN5O/c13-6-3-1-2-5(7(6)15)11(21)20-12-18-9(14)8-10(19-12)17-4-16-8/h1-4H,(H2,16,17,18,19,20,21). The predicted molar refractivity (Wildman–Crippen MR) is 78.7 cm³/mol. The van der Waals surface area contributed by atoms with Crippen LogP contribution in [0.15, 0.2) is 29.0 Å². The Bertz CT molecular complexity index is 853. The second-order valence-electron chi connectivity index (χ2n) is 3.99. The first-order chi connectivity index (χ1) is 10.1. The van der Waals surface area contributed by atoms with Gasteiger partial charge in [0.2, 0.25) is 5.95 Å². The lowest BCUT2D eigenvalue weighted by Crippen LogP contribution is -2.16. The molecular weight excluding hydrogens is 365 g/mol. The lowest BCUT2D eigenvalue weighted by atomic mass is 10.2. The normalized spacial score (nSPS) is 10.8. The number of nitrogens with one attached hydrogen (secondary N) is 2. The molecule has 2 heterocycles. The number of anilines is 1. The van der Waals surface area contributed by atoms with Crippen LogP contribution in [-0.2, 0) is 0 Å². The van der Waals surface area contributed by atoms with Crippen molar-refractivity contribution in [2.75, 3.05) is 5.32 Å². The van der Waals surface area contributed by atoms with Crippen LogP contribution < -0.4 is 5.32 Å². The fourth-order valence-corrected chi connectivity index (χ4v) is 2.29. The van der Waals surface area contributed by atoms with Gasteiger partial charge in [0.15, 0.2) is 10.8 Å². The molecule has 0 fully saturated rings. The van der Waals surface area contributed by atoms with Gasteiger partial charge in [0.05, 0.1) is 16.4 Å². The number of hydrogen-bond acceptors (Lipinski definition) is 4. The highest BCUT2D eigenvalue weighted by Gasteiger charge is 2.16. The van der Waals surface area contributed by atoms with E-state index in [0.717, 1.165) is 0 Å². The minimum Gasteiger partial charge on any atom is -0.341 e. The average Bonchev–Trinajstić information content (AvgIpc) is 2.90. The van der Waals surface area contributed by atoms with Crippen LogP contribution in [0, 0.1) is 5.82 Å². The Hall–Kier alpha value is -2.06. The van der Waals surface area contributed by atoms with Gasteiger partial charge < -0.3 is 4.98 Å². The maximum Gasteiger partial charge on any atom is 0.261 e. The molecule has 0 bridgehead atoms. The molecule has 3 rings (SSSR count). The number of halogens is 3. The van der Waals surface area contributed by atoms with Crippen molar-refractivity contribution in [2.24, 2.45) is 0 Å². The number of fused-ring (bicyclic) bond motifs is 1. The largest absolute Gasteiger partial charge is 0.341 e. The van der Waals surface area contributed by atoms with Gasteiger partial charge in [0.1, 0.15) is 11.3 Å². The smallest absolute Gasteiger partial charge is 0.261 e. The van der Waals surface area contributed by atoms with Gasteiger partial charge in [0.25, 0.3) is 5.91 Å². The Morgan fingerprint density at radius 1 is 1.38 bits per heavy atom. The van der Waals surface area contributed by atoms with E-state index in [1.54, 1.807) is 6.07 Å². The van der Waals surface area contributed by atoms with Crippen LogP contribution in [0.2, 0.25) is 5.15 Å². The topological polar surface area (TPSA) is 83.6 Å². The molecule has 6 nitrogen and oxygen atoms in total. The van der Waals surface area contributed by atoms with E-state index in [0.29, 0.717) is 11.2 Å². The summed E-state index contributed by atoms with van der Waals surface area (Å²) in [5.41, 5.74) is 0.634. The van der Waals surface area contributed by atoms with E-state index in [4.69, 9.17) is 11.6 Å². The fourth-order valence-electron chi connectivity index (χ4n) is 1.70. The van der Waals surface area contributed by atoms with Crippen LogP contribution in [-0.4, -0.2) is 25.8 Å². The van der Waals surface area contributed by atoms with Gasteiger partial charge in [-0.2, -0.15) is 9.97 Å². The van der Waals surface area contributed by atoms with E-state index >= 15 is 0 Å². The molecule has 0 saturated heterocycles. The molecule has 0 saturated carbocycles. The number of rotatable bonds is 2. The highest BCUT2D eigenvalue weighted by molar-refractivity contribution is 9.10. The Morgan fingerprint density at radius 2 is 2.19 bits per heavy atom. The molecule has 1 aromatic carbocycles. The van der Waals surface area contributed by atoms with Crippen LogP contribution >= 0.6 is 27.5 Å². The summed E-state index contributed by atoms with van der Waals surface area (Å²) in [4.78, 5) is 26.7. The average molecular weight is 371 g/mol. The lowest BCUT2D eigenvalue weighted by Gasteiger charge is -2.06. The van der Waals surface area contributed by atoms with E-state index in [2.05, 4.69) is 41.2 Å². The first kappa shape index (κ1) is 13.9.